The average molecular weight is 187 g/mol. The molecule has 0 fully saturated rings. The van der Waals surface area contributed by atoms with E-state index in [1.807, 2.05) is 0 Å². The van der Waals surface area contributed by atoms with Crippen molar-refractivity contribution in [2.75, 3.05) is 0 Å². The van der Waals surface area contributed by atoms with Gasteiger partial charge < -0.3 is 0 Å². The maximum absolute atomic E-state index is 0. The molecule has 0 aromatic heterocycles. The van der Waals surface area contributed by atoms with Crippen LogP contribution in [0.4, 0.5) is 0 Å². The van der Waals surface area contributed by atoms with Gasteiger partial charge in [0.25, 0.3) is 0 Å². The Balaban J connectivity index is 0. The molecule has 0 nitrogen and oxygen atoms in total. The molecule has 0 bridgehead atoms. The minimum atomic E-state index is 0. The second-order valence-electron chi connectivity index (χ2n) is 0. The second-order valence-corrected chi connectivity index (χ2v) is 0. The topological polar surface area (TPSA) is 0 Å². The molecule has 32 valence electrons. The van der Waals surface area contributed by atoms with Crippen molar-refractivity contribution >= 4 is 24.8 Å². The molecule has 0 spiro atoms. The van der Waals surface area contributed by atoms with E-state index in [4.69, 9.17) is 0 Å². The first-order valence-electron chi connectivity index (χ1n) is 0. The predicted molar refractivity (Wildman–Crippen MR) is 14.5 cm³/mol. The summed E-state index contributed by atoms with van der Waals surface area (Å²) in [5.41, 5.74) is 0. The van der Waals surface area contributed by atoms with Crippen LogP contribution in [0.1, 0.15) is 0 Å². The first-order valence-corrected chi connectivity index (χ1v) is 0. The molecule has 0 heterocycles. The molecule has 0 aliphatic heterocycles. The van der Waals surface area contributed by atoms with Gasteiger partial charge in [-0.1, -0.05) is 0 Å². The van der Waals surface area contributed by atoms with Crippen LogP contribution in [-0.2, 0) is 33.8 Å². The zero-order chi connectivity index (χ0) is 0. The van der Waals surface area contributed by atoms with Gasteiger partial charge in [-0.3, -0.25) is 0 Å². The molecule has 0 saturated heterocycles. The maximum atomic E-state index is 0. The standard InChI is InChI=1S/2ClH.Co.Mn/h2*1H;;. The minimum Gasteiger partial charge on any atom is -0.147 e. The summed E-state index contributed by atoms with van der Waals surface area (Å²) >= 11 is 0. The Labute approximate surface area is 58.6 Å². The normalized spacial score (nSPS) is 0. The fraction of sp³-hybridized carbons (Fsp3) is 0. The van der Waals surface area contributed by atoms with Crippen LogP contribution in [-0.4, -0.2) is 0 Å². The van der Waals surface area contributed by atoms with Crippen molar-refractivity contribution in [3.8, 4) is 0 Å². The molecule has 0 rings (SSSR count). The summed E-state index contributed by atoms with van der Waals surface area (Å²) in [6, 6.07) is 0. The van der Waals surface area contributed by atoms with Gasteiger partial charge in [0.05, 0.1) is 0 Å². The molecule has 0 amide bonds. The van der Waals surface area contributed by atoms with E-state index in [1.54, 1.807) is 0 Å². The van der Waals surface area contributed by atoms with Crippen molar-refractivity contribution in [1.29, 1.82) is 0 Å². The van der Waals surface area contributed by atoms with E-state index >= 15 is 0 Å². The Hall–Kier alpha value is 1.61. The third-order valence-electron chi connectivity index (χ3n) is 0. The monoisotopic (exact) mass is 186 g/mol. The third kappa shape index (κ3) is 9.49. The number of hydrogen-bond acceptors (Lipinski definition) is 0. The van der Waals surface area contributed by atoms with Gasteiger partial charge in [-0.25, -0.2) is 0 Å². The summed E-state index contributed by atoms with van der Waals surface area (Å²) in [4.78, 5) is 0. The predicted octanol–water partition coefficient (Wildman–Crippen LogP) is 0.839. The molecule has 4 heavy (non-hydrogen) atoms. The van der Waals surface area contributed by atoms with E-state index in [2.05, 4.69) is 0 Å². The van der Waals surface area contributed by atoms with Gasteiger partial charge in [0.1, 0.15) is 0 Å². The Morgan fingerprint density at radius 2 is 0.750 bits per heavy atom. The third-order valence-corrected chi connectivity index (χ3v) is 0. The van der Waals surface area contributed by atoms with Crippen LogP contribution in [0.25, 0.3) is 0 Å². The van der Waals surface area contributed by atoms with Crippen molar-refractivity contribution in [2.24, 2.45) is 0 Å². The molecule has 0 atom stereocenters. The molecular weight excluding hydrogens is 185 g/mol. The fourth-order valence-corrected chi connectivity index (χ4v) is 0. The molecule has 0 N–H and O–H groups in total. The van der Waals surface area contributed by atoms with E-state index in [-0.39, 0.29) is 58.7 Å². The van der Waals surface area contributed by atoms with Crippen molar-refractivity contribution in [2.45, 2.75) is 0 Å². The van der Waals surface area contributed by atoms with Gasteiger partial charge in [0.15, 0.2) is 0 Å². The van der Waals surface area contributed by atoms with Crippen LogP contribution in [0.2, 0.25) is 0 Å². The van der Waals surface area contributed by atoms with Crippen molar-refractivity contribution in [3.05, 3.63) is 0 Å². The Morgan fingerprint density at radius 3 is 0.750 bits per heavy atom. The quantitative estimate of drug-likeness (QED) is 0.492. The van der Waals surface area contributed by atoms with Gasteiger partial charge in [-0.05, 0) is 0 Å². The summed E-state index contributed by atoms with van der Waals surface area (Å²) in [5.74, 6) is 0. The van der Waals surface area contributed by atoms with Crippen LogP contribution in [0, 0.1) is 0 Å². The van der Waals surface area contributed by atoms with E-state index in [0.717, 1.165) is 0 Å². The Bertz CT molecular complexity index is 6.00. The van der Waals surface area contributed by atoms with Gasteiger partial charge in [0.2, 0.25) is 0 Å². The Morgan fingerprint density at radius 1 is 0.750 bits per heavy atom. The zero-order valence-electron chi connectivity index (χ0n) is 1.53. The molecule has 0 unspecified atom stereocenters. The van der Waals surface area contributed by atoms with E-state index in [9.17, 15) is 0 Å². The summed E-state index contributed by atoms with van der Waals surface area (Å²) in [6.07, 6.45) is 0. The molecule has 0 aromatic carbocycles. The summed E-state index contributed by atoms with van der Waals surface area (Å²) in [5, 5.41) is 0. The van der Waals surface area contributed by atoms with Crippen LogP contribution >= 0.6 is 24.8 Å². The molecule has 2 radical (unpaired) electrons. The van der Waals surface area contributed by atoms with Crippen LogP contribution in [0.15, 0.2) is 0 Å². The smallest absolute Gasteiger partial charge is 0 e. The fourth-order valence-electron chi connectivity index (χ4n) is 0. The SMILES string of the molecule is Cl.Cl.[Co].[Mn]. The van der Waals surface area contributed by atoms with Crippen molar-refractivity contribution < 1.29 is 33.8 Å². The van der Waals surface area contributed by atoms with Crippen molar-refractivity contribution in [3.63, 3.8) is 0 Å². The molecule has 4 heteroatoms. The van der Waals surface area contributed by atoms with Gasteiger partial charge in [-0.2, -0.15) is 0 Å². The average Bonchev–Trinajstić information content (AvgIpc) is 0. The summed E-state index contributed by atoms with van der Waals surface area (Å²) in [7, 11) is 0. The van der Waals surface area contributed by atoms with E-state index < -0.39 is 0 Å². The first-order chi connectivity index (χ1) is 0. The second kappa shape index (κ2) is 23.2. The van der Waals surface area contributed by atoms with Gasteiger partial charge in [-0.15, -0.1) is 24.8 Å². The molecule has 0 aliphatic rings. The Kier molecular flexibility index (Phi) is 268. The molecular formula is H2Cl2CoMn. The van der Waals surface area contributed by atoms with Crippen molar-refractivity contribution in [1.82, 2.24) is 0 Å². The molecule has 0 aliphatic carbocycles. The van der Waals surface area contributed by atoms with Gasteiger partial charge in [0, 0.05) is 33.8 Å². The number of rotatable bonds is 0. The van der Waals surface area contributed by atoms with Crippen LogP contribution in [0.5, 0.6) is 0 Å². The van der Waals surface area contributed by atoms with Crippen LogP contribution < -0.4 is 0 Å². The van der Waals surface area contributed by atoms with Gasteiger partial charge >= 0.3 is 0 Å². The molecule has 0 saturated carbocycles. The van der Waals surface area contributed by atoms with E-state index in [1.165, 1.54) is 0 Å². The van der Waals surface area contributed by atoms with Crippen LogP contribution in [0.3, 0.4) is 0 Å². The van der Waals surface area contributed by atoms with E-state index in [0.29, 0.717) is 0 Å². The number of halogens is 2. The summed E-state index contributed by atoms with van der Waals surface area (Å²) < 4.78 is 0. The maximum Gasteiger partial charge on any atom is 0 e. The number of hydrogen-bond donors (Lipinski definition) is 0. The molecule has 0 aromatic rings. The minimum absolute atomic E-state index is 0. The largest absolute Gasteiger partial charge is 0.147 e. The first kappa shape index (κ1) is 46.1. The summed E-state index contributed by atoms with van der Waals surface area (Å²) in [6.45, 7) is 0. The zero-order valence-corrected chi connectivity index (χ0v) is 5.38.